The molecule has 0 aliphatic rings. The fourth-order valence-corrected chi connectivity index (χ4v) is 3.27. The van der Waals surface area contributed by atoms with Crippen molar-refractivity contribution in [3.8, 4) is 11.5 Å². The Morgan fingerprint density at radius 3 is 2.68 bits per heavy atom. The monoisotopic (exact) mass is 380 g/mol. The molecule has 0 fully saturated rings. The van der Waals surface area contributed by atoms with Gasteiger partial charge in [0.25, 0.3) is 0 Å². The first-order valence-electron chi connectivity index (χ1n) is 9.65. The van der Waals surface area contributed by atoms with Crippen molar-refractivity contribution in [3.05, 3.63) is 53.7 Å². The maximum atomic E-state index is 6.12. The highest BCUT2D eigenvalue weighted by atomic mass is 16.5. The maximum Gasteiger partial charge on any atom is 0.193 e. The van der Waals surface area contributed by atoms with Gasteiger partial charge in [0.1, 0.15) is 11.5 Å². The second-order valence-electron chi connectivity index (χ2n) is 6.44. The highest BCUT2D eigenvalue weighted by Gasteiger charge is 2.09. The summed E-state index contributed by atoms with van der Waals surface area (Å²) in [6.07, 6.45) is 0.815. The molecule has 6 nitrogen and oxygen atoms in total. The van der Waals surface area contributed by atoms with Crippen molar-refractivity contribution in [2.75, 3.05) is 25.1 Å². The first-order valence-corrected chi connectivity index (χ1v) is 9.65. The molecule has 4 N–H and O–H groups in total. The van der Waals surface area contributed by atoms with Crippen LogP contribution in [0.5, 0.6) is 11.5 Å². The van der Waals surface area contributed by atoms with Crippen molar-refractivity contribution in [1.82, 2.24) is 4.98 Å². The number of aromatic amines is 1. The zero-order valence-corrected chi connectivity index (χ0v) is 16.7. The summed E-state index contributed by atoms with van der Waals surface area (Å²) in [4.78, 5) is 7.91. The normalized spacial score (nSPS) is 11.6. The van der Waals surface area contributed by atoms with Crippen molar-refractivity contribution in [1.29, 1.82) is 0 Å². The minimum Gasteiger partial charge on any atom is -0.494 e. The van der Waals surface area contributed by atoms with E-state index in [-0.39, 0.29) is 0 Å². The van der Waals surface area contributed by atoms with Gasteiger partial charge in [-0.05, 0) is 51.0 Å². The molecule has 0 unspecified atom stereocenters. The molecule has 1 aromatic heterocycles. The van der Waals surface area contributed by atoms with Gasteiger partial charge in [0.2, 0.25) is 0 Å². The van der Waals surface area contributed by atoms with Crippen LogP contribution in [0.3, 0.4) is 0 Å². The lowest BCUT2D eigenvalue weighted by Crippen LogP contribution is -2.23. The van der Waals surface area contributed by atoms with Crippen molar-refractivity contribution >= 4 is 22.5 Å². The zero-order valence-electron chi connectivity index (χ0n) is 16.7. The van der Waals surface area contributed by atoms with Gasteiger partial charge >= 0.3 is 0 Å². The Morgan fingerprint density at radius 2 is 1.89 bits per heavy atom. The molecule has 3 rings (SSSR count). The number of fused-ring (bicyclic) bond motifs is 1. The summed E-state index contributed by atoms with van der Waals surface area (Å²) >= 11 is 0. The van der Waals surface area contributed by atoms with Crippen LogP contribution in [0.2, 0.25) is 0 Å². The topological polar surface area (TPSA) is 84.7 Å². The van der Waals surface area contributed by atoms with E-state index in [1.165, 1.54) is 16.6 Å². The number of aryl methyl sites for hydroxylation is 1. The third kappa shape index (κ3) is 4.57. The van der Waals surface area contributed by atoms with Gasteiger partial charge in [0.05, 0.1) is 18.9 Å². The number of aliphatic imine (C=N–C) groups is 1. The minimum absolute atomic E-state index is 0.354. The average Bonchev–Trinajstić information content (AvgIpc) is 3.00. The van der Waals surface area contributed by atoms with Gasteiger partial charge in [0, 0.05) is 29.2 Å². The number of aromatic nitrogens is 1. The third-order valence-corrected chi connectivity index (χ3v) is 4.50. The van der Waals surface area contributed by atoms with Crippen molar-refractivity contribution in [2.45, 2.75) is 27.2 Å². The molecule has 0 atom stereocenters. The largest absolute Gasteiger partial charge is 0.494 e. The first kappa shape index (κ1) is 19.6. The number of ether oxygens (including phenoxy) is 2. The minimum atomic E-state index is 0.354. The molecule has 0 spiro atoms. The van der Waals surface area contributed by atoms with E-state index in [9.17, 15) is 0 Å². The van der Waals surface area contributed by atoms with Crippen molar-refractivity contribution in [2.24, 2.45) is 10.7 Å². The molecular weight excluding hydrogens is 352 g/mol. The molecule has 6 heteroatoms. The molecule has 0 aliphatic heterocycles. The summed E-state index contributed by atoms with van der Waals surface area (Å²) in [5.41, 5.74) is 10.5. The van der Waals surface area contributed by atoms with Crippen LogP contribution < -0.4 is 20.5 Å². The standard InChI is InChI=1S/C22H28N4O2/c1-4-27-16-10-11-21(28-5-2)20(14-16)26-22(23)24-13-12-17-15(3)25-19-9-7-6-8-18(17)19/h6-11,14,25H,4-5,12-13H2,1-3H3,(H3,23,24,26). The van der Waals surface area contributed by atoms with Crippen LogP contribution >= 0.6 is 0 Å². The Bertz CT molecular complexity index is 962. The first-order chi connectivity index (χ1) is 13.6. The van der Waals surface area contributed by atoms with Crippen LogP contribution in [-0.4, -0.2) is 30.7 Å². The highest BCUT2D eigenvalue weighted by molar-refractivity contribution is 5.94. The highest BCUT2D eigenvalue weighted by Crippen LogP contribution is 2.29. The quantitative estimate of drug-likeness (QED) is 0.403. The number of rotatable bonds is 8. The van der Waals surface area contributed by atoms with E-state index in [0.29, 0.717) is 25.7 Å². The van der Waals surface area contributed by atoms with Gasteiger partial charge in [-0.3, -0.25) is 4.99 Å². The number of benzene rings is 2. The number of nitrogens with one attached hydrogen (secondary N) is 2. The van der Waals surface area contributed by atoms with E-state index in [1.54, 1.807) is 0 Å². The molecule has 0 radical (unpaired) electrons. The zero-order chi connectivity index (χ0) is 19.9. The molecule has 0 aliphatic carbocycles. The number of hydrogen-bond acceptors (Lipinski definition) is 3. The van der Waals surface area contributed by atoms with Crippen LogP contribution in [0.25, 0.3) is 10.9 Å². The Kier molecular flexibility index (Phi) is 6.42. The number of anilines is 1. The number of nitrogens with two attached hydrogens (primary N) is 1. The summed E-state index contributed by atoms with van der Waals surface area (Å²) in [6, 6.07) is 13.9. The smallest absolute Gasteiger partial charge is 0.193 e. The average molecular weight is 380 g/mol. The van der Waals surface area contributed by atoms with E-state index in [2.05, 4.69) is 40.4 Å². The van der Waals surface area contributed by atoms with Gasteiger partial charge in [-0.1, -0.05) is 18.2 Å². The number of hydrogen-bond donors (Lipinski definition) is 3. The van der Waals surface area contributed by atoms with E-state index in [0.717, 1.165) is 29.1 Å². The molecule has 1 heterocycles. The predicted octanol–water partition coefficient (Wildman–Crippen LogP) is 4.24. The number of nitrogens with zero attached hydrogens (tertiary/aromatic N) is 1. The summed E-state index contributed by atoms with van der Waals surface area (Å²) in [5.74, 6) is 1.83. The van der Waals surface area contributed by atoms with Gasteiger partial charge in [0.15, 0.2) is 5.96 Å². The van der Waals surface area contributed by atoms with E-state index in [1.807, 2.05) is 38.1 Å². The lowest BCUT2D eigenvalue weighted by Gasteiger charge is -2.14. The summed E-state index contributed by atoms with van der Waals surface area (Å²) in [5, 5.41) is 4.38. The molecule has 0 saturated carbocycles. The number of H-pyrrole nitrogens is 1. The van der Waals surface area contributed by atoms with Crippen molar-refractivity contribution in [3.63, 3.8) is 0 Å². The van der Waals surface area contributed by atoms with E-state index in [4.69, 9.17) is 15.2 Å². The molecule has 0 amide bonds. The Hall–Kier alpha value is -3.15. The fraction of sp³-hybridized carbons (Fsp3) is 0.318. The van der Waals surface area contributed by atoms with Crippen LogP contribution in [-0.2, 0) is 6.42 Å². The van der Waals surface area contributed by atoms with Gasteiger partial charge in [-0.15, -0.1) is 0 Å². The molecule has 2 aromatic carbocycles. The number of guanidine groups is 1. The van der Waals surface area contributed by atoms with Gasteiger partial charge in [-0.2, -0.15) is 0 Å². The summed E-state index contributed by atoms with van der Waals surface area (Å²) < 4.78 is 11.2. The lowest BCUT2D eigenvalue weighted by atomic mass is 10.1. The van der Waals surface area contributed by atoms with Gasteiger partial charge in [-0.25, -0.2) is 0 Å². The molecular formula is C22H28N4O2. The molecule has 28 heavy (non-hydrogen) atoms. The molecule has 0 bridgehead atoms. The molecule has 148 valence electrons. The van der Waals surface area contributed by atoms with E-state index >= 15 is 0 Å². The molecule has 3 aromatic rings. The van der Waals surface area contributed by atoms with E-state index < -0.39 is 0 Å². The number of para-hydroxylation sites is 1. The SMILES string of the molecule is CCOc1ccc(OCC)c(NC(N)=NCCc2c(C)[nH]c3ccccc23)c1. The summed E-state index contributed by atoms with van der Waals surface area (Å²) in [6.45, 7) is 7.75. The lowest BCUT2D eigenvalue weighted by molar-refractivity contribution is 0.332. The maximum absolute atomic E-state index is 6.12. The van der Waals surface area contributed by atoms with Crippen LogP contribution in [0.4, 0.5) is 5.69 Å². The predicted molar refractivity (Wildman–Crippen MR) is 116 cm³/mol. The van der Waals surface area contributed by atoms with Crippen LogP contribution in [0.1, 0.15) is 25.1 Å². The fourth-order valence-electron chi connectivity index (χ4n) is 3.27. The second kappa shape index (κ2) is 9.17. The Labute approximate surface area is 165 Å². The van der Waals surface area contributed by atoms with Crippen LogP contribution in [0.15, 0.2) is 47.5 Å². The van der Waals surface area contributed by atoms with Gasteiger partial charge < -0.3 is 25.5 Å². The Morgan fingerprint density at radius 1 is 1.11 bits per heavy atom. The third-order valence-electron chi connectivity index (χ3n) is 4.50. The summed E-state index contributed by atoms with van der Waals surface area (Å²) in [7, 11) is 0. The van der Waals surface area contributed by atoms with Crippen molar-refractivity contribution < 1.29 is 9.47 Å². The Balaban J connectivity index is 1.70. The molecule has 0 saturated heterocycles. The van der Waals surface area contributed by atoms with Crippen LogP contribution in [0, 0.1) is 6.92 Å². The second-order valence-corrected chi connectivity index (χ2v) is 6.44.